The number of carbonyl (C=O) groups is 2. The van der Waals surface area contributed by atoms with Crippen molar-refractivity contribution in [3.63, 3.8) is 0 Å². The van der Waals surface area contributed by atoms with Gasteiger partial charge in [-0.05, 0) is 25.7 Å². The molecule has 2 amide bonds. The molecule has 1 atom stereocenters. The molecule has 1 aliphatic heterocycles. The van der Waals surface area contributed by atoms with Crippen LogP contribution in [0.4, 0.5) is 0 Å². The van der Waals surface area contributed by atoms with Crippen molar-refractivity contribution in [1.29, 1.82) is 0 Å². The summed E-state index contributed by atoms with van der Waals surface area (Å²) < 4.78 is 0. The van der Waals surface area contributed by atoms with Crippen LogP contribution in [0.25, 0.3) is 0 Å². The zero-order chi connectivity index (χ0) is 14.8. The predicted molar refractivity (Wildman–Crippen MR) is 76.6 cm³/mol. The molecule has 0 aliphatic carbocycles. The lowest BCUT2D eigenvalue weighted by Gasteiger charge is -2.46. The lowest BCUT2D eigenvalue weighted by Crippen LogP contribution is -2.69. The van der Waals surface area contributed by atoms with Crippen LogP contribution >= 0.6 is 0 Å². The van der Waals surface area contributed by atoms with Crippen molar-refractivity contribution in [3.05, 3.63) is 0 Å². The number of carbonyl (C=O) groups excluding carboxylic acids is 2. The largest absolute Gasteiger partial charge is 0.342 e. The lowest BCUT2D eigenvalue weighted by molar-refractivity contribution is -0.157. The van der Waals surface area contributed by atoms with Gasteiger partial charge in [-0.3, -0.25) is 9.59 Å². The molecular weight excluding hydrogens is 240 g/mol. The summed E-state index contributed by atoms with van der Waals surface area (Å²) >= 11 is 0. The Balaban J connectivity index is 3.00. The number of piperazine rings is 1. The molecule has 4 nitrogen and oxygen atoms in total. The summed E-state index contributed by atoms with van der Waals surface area (Å²) in [6.45, 7) is 12.5. The third-order valence-electron chi connectivity index (χ3n) is 4.31. The van der Waals surface area contributed by atoms with Crippen LogP contribution in [0.3, 0.4) is 0 Å². The van der Waals surface area contributed by atoms with E-state index in [2.05, 4.69) is 19.2 Å². The first-order chi connectivity index (χ1) is 8.75. The maximum Gasteiger partial charge on any atom is 0.246 e. The van der Waals surface area contributed by atoms with Crippen molar-refractivity contribution >= 4 is 11.8 Å². The number of nitrogens with zero attached hydrogens (tertiary/aromatic N) is 1. The van der Waals surface area contributed by atoms with Gasteiger partial charge in [-0.25, -0.2) is 0 Å². The molecule has 1 saturated heterocycles. The number of amides is 2. The molecule has 0 bridgehead atoms. The first-order valence-electron chi connectivity index (χ1n) is 7.38. The molecule has 0 aromatic carbocycles. The Hall–Kier alpha value is -1.06. The third kappa shape index (κ3) is 3.10. The van der Waals surface area contributed by atoms with E-state index in [0.717, 1.165) is 12.8 Å². The van der Waals surface area contributed by atoms with Crippen LogP contribution in [0.2, 0.25) is 0 Å². The number of hydrogen-bond donors (Lipinski definition) is 1. The summed E-state index contributed by atoms with van der Waals surface area (Å²) in [4.78, 5) is 26.6. The second kappa shape index (κ2) is 5.93. The molecular formula is C15H28N2O2. The van der Waals surface area contributed by atoms with Gasteiger partial charge < -0.3 is 10.2 Å². The zero-order valence-corrected chi connectivity index (χ0v) is 13.1. The van der Waals surface area contributed by atoms with Crippen LogP contribution in [0.5, 0.6) is 0 Å². The Labute approximate surface area is 116 Å². The monoisotopic (exact) mass is 268 g/mol. The van der Waals surface area contributed by atoms with Crippen LogP contribution in [0.15, 0.2) is 0 Å². The van der Waals surface area contributed by atoms with Crippen molar-refractivity contribution in [1.82, 2.24) is 10.2 Å². The van der Waals surface area contributed by atoms with Gasteiger partial charge in [0.1, 0.15) is 11.6 Å². The lowest BCUT2D eigenvalue weighted by atomic mass is 9.89. The van der Waals surface area contributed by atoms with E-state index in [9.17, 15) is 9.59 Å². The smallest absolute Gasteiger partial charge is 0.246 e. The maximum atomic E-state index is 12.6. The standard InChI is InChI=1S/C15H28N2O2/c1-7-11(8-2)9-17-13(18)12(10(3)4)16-14(19)15(17,5)6/h10-12H,7-9H2,1-6H3,(H,16,19). The van der Waals surface area contributed by atoms with Crippen LogP contribution < -0.4 is 5.32 Å². The predicted octanol–water partition coefficient (Wildman–Crippen LogP) is 2.18. The molecule has 0 saturated carbocycles. The van der Waals surface area contributed by atoms with Gasteiger partial charge >= 0.3 is 0 Å². The van der Waals surface area contributed by atoms with E-state index in [1.165, 1.54) is 0 Å². The summed E-state index contributed by atoms with van der Waals surface area (Å²) in [5, 5.41) is 2.86. The van der Waals surface area contributed by atoms with Gasteiger partial charge in [0.05, 0.1) is 0 Å². The fourth-order valence-corrected chi connectivity index (χ4v) is 2.52. The minimum absolute atomic E-state index is 0.0447. The second-order valence-corrected chi connectivity index (χ2v) is 6.39. The molecule has 0 aromatic rings. The van der Waals surface area contributed by atoms with Crippen LogP contribution in [-0.2, 0) is 9.59 Å². The third-order valence-corrected chi connectivity index (χ3v) is 4.31. The molecule has 4 heteroatoms. The summed E-state index contributed by atoms with van der Waals surface area (Å²) in [7, 11) is 0. The van der Waals surface area contributed by atoms with Crippen LogP contribution in [0.1, 0.15) is 54.4 Å². The first kappa shape index (κ1) is 16.0. The molecule has 1 rings (SSSR count). The molecule has 0 aromatic heterocycles. The normalized spacial score (nSPS) is 23.2. The van der Waals surface area contributed by atoms with Crippen molar-refractivity contribution in [3.8, 4) is 0 Å². The molecule has 19 heavy (non-hydrogen) atoms. The number of nitrogens with one attached hydrogen (secondary N) is 1. The second-order valence-electron chi connectivity index (χ2n) is 6.39. The van der Waals surface area contributed by atoms with Gasteiger partial charge in [0.15, 0.2) is 0 Å². The van der Waals surface area contributed by atoms with Crippen molar-refractivity contribution in [2.45, 2.75) is 66.0 Å². The summed E-state index contributed by atoms with van der Waals surface area (Å²) in [6.07, 6.45) is 2.06. The van der Waals surface area contributed by atoms with Gasteiger partial charge in [-0.2, -0.15) is 0 Å². The van der Waals surface area contributed by atoms with E-state index in [1.807, 2.05) is 27.7 Å². The minimum Gasteiger partial charge on any atom is -0.342 e. The Morgan fingerprint density at radius 2 is 1.74 bits per heavy atom. The molecule has 1 unspecified atom stereocenters. The van der Waals surface area contributed by atoms with Gasteiger partial charge in [-0.1, -0.05) is 40.5 Å². The first-order valence-corrected chi connectivity index (χ1v) is 7.38. The Bertz CT molecular complexity index is 346. The van der Waals surface area contributed by atoms with E-state index in [0.29, 0.717) is 12.5 Å². The molecule has 0 spiro atoms. The van der Waals surface area contributed by atoms with E-state index in [-0.39, 0.29) is 23.8 Å². The molecule has 1 N–H and O–H groups in total. The Morgan fingerprint density at radius 1 is 1.21 bits per heavy atom. The summed E-state index contributed by atoms with van der Waals surface area (Å²) in [5.74, 6) is 0.599. The highest BCUT2D eigenvalue weighted by molar-refractivity contribution is 5.99. The van der Waals surface area contributed by atoms with Crippen molar-refractivity contribution in [2.75, 3.05) is 6.54 Å². The summed E-state index contributed by atoms with van der Waals surface area (Å²) in [5.41, 5.74) is -0.745. The van der Waals surface area contributed by atoms with E-state index < -0.39 is 5.54 Å². The fraction of sp³-hybridized carbons (Fsp3) is 0.867. The molecule has 110 valence electrons. The van der Waals surface area contributed by atoms with E-state index in [1.54, 1.807) is 4.90 Å². The number of rotatable bonds is 5. The SMILES string of the molecule is CCC(CC)CN1C(=O)C(C(C)C)NC(=O)C1(C)C. The Morgan fingerprint density at radius 3 is 2.16 bits per heavy atom. The van der Waals surface area contributed by atoms with Gasteiger partial charge in [0, 0.05) is 6.54 Å². The zero-order valence-electron chi connectivity index (χ0n) is 13.1. The van der Waals surface area contributed by atoms with Crippen molar-refractivity contribution in [2.24, 2.45) is 11.8 Å². The average Bonchev–Trinajstić information content (AvgIpc) is 2.34. The molecule has 1 heterocycles. The number of hydrogen-bond acceptors (Lipinski definition) is 2. The minimum atomic E-state index is -0.745. The van der Waals surface area contributed by atoms with E-state index >= 15 is 0 Å². The average molecular weight is 268 g/mol. The quantitative estimate of drug-likeness (QED) is 0.831. The molecule has 1 aliphatic rings. The fourth-order valence-electron chi connectivity index (χ4n) is 2.52. The highest BCUT2D eigenvalue weighted by Gasteiger charge is 2.47. The van der Waals surface area contributed by atoms with E-state index in [4.69, 9.17) is 0 Å². The van der Waals surface area contributed by atoms with Crippen LogP contribution in [0, 0.1) is 11.8 Å². The van der Waals surface area contributed by atoms with Crippen LogP contribution in [-0.4, -0.2) is 34.8 Å². The molecule has 0 radical (unpaired) electrons. The van der Waals surface area contributed by atoms with Gasteiger partial charge in [0.25, 0.3) is 0 Å². The van der Waals surface area contributed by atoms with Crippen molar-refractivity contribution < 1.29 is 9.59 Å². The highest BCUT2D eigenvalue weighted by atomic mass is 16.2. The van der Waals surface area contributed by atoms with Gasteiger partial charge in [0.2, 0.25) is 11.8 Å². The highest BCUT2D eigenvalue weighted by Crippen LogP contribution is 2.26. The topological polar surface area (TPSA) is 49.4 Å². The summed E-state index contributed by atoms with van der Waals surface area (Å²) in [6, 6.07) is -0.380. The Kier molecular flexibility index (Phi) is 4.99. The molecule has 1 fully saturated rings. The van der Waals surface area contributed by atoms with Gasteiger partial charge in [-0.15, -0.1) is 0 Å². The maximum absolute atomic E-state index is 12.6.